The molecule has 3 saturated carbocycles. The zero-order valence-electron chi connectivity index (χ0n) is 60.9. The minimum Gasteiger partial charge on any atom is -0.481 e. The molecule has 0 spiro atoms. The van der Waals surface area contributed by atoms with Crippen molar-refractivity contribution in [1.82, 2.24) is 34.2 Å². The van der Waals surface area contributed by atoms with Crippen LogP contribution in [0.15, 0.2) is 116 Å². The maximum absolute atomic E-state index is 15.6. The van der Waals surface area contributed by atoms with Crippen molar-refractivity contribution < 1.29 is 87.8 Å². The second-order valence-electron chi connectivity index (χ2n) is 28.8. The van der Waals surface area contributed by atoms with Gasteiger partial charge < -0.3 is 35.8 Å². The Morgan fingerprint density at radius 3 is 1.42 bits per heavy atom. The Morgan fingerprint density at radius 2 is 0.991 bits per heavy atom. The van der Waals surface area contributed by atoms with Crippen LogP contribution >= 0.6 is 0 Å². The fourth-order valence-corrected chi connectivity index (χ4v) is 16.2. The zero-order valence-corrected chi connectivity index (χ0v) is 63.4. The van der Waals surface area contributed by atoms with E-state index in [1.165, 1.54) is 90.2 Å². The van der Waals surface area contributed by atoms with Crippen LogP contribution < -0.4 is 35.4 Å². The van der Waals surface area contributed by atoms with E-state index in [0.29, 0.717) is 43.6 Å². The average Bonchev–Trinajstić information content (AvgIpc) is 1.58. The van der Waals surface area contributed by atoms with E-state index in [9.17, 15) is 74.7 Å². The number of sulfonamides is 2. The average molecular weight is 1610 g/mol. The third kappa shape index (κ3) is 21.8. The van der Waals surface area contributed by atoms with Gasteiger partial charge in [-0.1, -0.05) is 72.8 Å². The molecule has 3 aromatic heterocycles. The lowest BCUT2D eigenvalue weighted by Gasteiger charge is -2.36. The molecule has 2 unspecified atom stereocenters. The number of halogens is 12. The number of sulfone groups is 1. The molecule has 12 rings (SSSR count). The number of hydrogen-bond donors (Lipinski definition) is 5. The van der Waals surface area contributed by atoms with Gasteiger partial charge in [-0.05, 0) is 130 Å². The quantitative estimate of drug-likeness (QED) is 0.0272. The summed E-state index contributed by atoms with van der Waals surface area (Å²) in [7, 11) is -11.3. The highest BCUT2D eigenvalue weighted by Crippen LogP contribution is 2.44. The van der Waals surface area contributed by atoms with Crippen LogP contribution in [-0.2, 0) is 65.8 Å². The Labute approximate surface area is 630 Å². The van der Waals surface area contributed by atoms with Crippen LogP contribution in [0, 0.1) is 28.8 Å². The molecule has 5 fully saturated rings. The van der Waals surface area contributed by atoms with Gasteiger partial charge in [0, 0.05) is 100 Å². The molecular formula is C73H86F12N14O8S3. The molecule has 22 nitrogen and oxygen atoms in total. The van der Waals surface area contributed by atoms with Crippen molar-refractivity contribution in [3.63, 3.8) is 0 Å². The number of carbonyl (C=O) groups is 1. The summed E-state index contributed by atoms with van der Waals surface area (Å²) in [5.41, 5.74) is 0.841. The molecule has 2 aliphatic heterocycles. The molecule has 5 heterocycles. The third-order valence-electron chi connectivity index (χ3n) is 20.0. The highest BCUT2D eigenvalue weighted by molar-refractivity contribution is 7.93. The maximum atomic E-state index is 15.6. The van der Waals surface area contributed by atoms with Gasteiger partial charge in [0.2, 0.25) is 27.5 Å². The molecular weight excluding hydrogens is 1530 g/mol. The number of aliphatic carboxylic acids is 1. The van der Waals surface area contributed by atoms with Gasteiger partial charge in [0.05, 0.1) is 41.8 Å². The largest absolute Gasteiger partial charge is 0.481 e. The first kappa shape index (κ1) is 83.6. The summed E-state index contributed by atoms with van der Waals surface area (Å²) in [4.78, 5) is 41.4. The predicted octanol–water partition coefficient (Wildman–Crippen LogP) is 14.8. The van der Waals surface area contributed by atoms with Crippen LogP contribution in [0.5, 0.6) is 0 Å². The van der Waals surface area contributed by atoms with E-state index in [2.05, 4.69) is 45.9 Å². The lowest BCUT2D eigenvalue weighted by molar-refractivity contribution is -0.140. The number of carboxylic acids is 1. The Kier molecular flexibility index (Phi) is 25.6. The zero-order chi connectivity index (χ0) is 80.1. The topological polar surface area (TPSA) is 278 Å². The highest BCUT2D eigenvalue weighted by atomic mass is 32.2. The summed E-state index contributed by atoms with van der Waals surface area (Å²) in [5.74, 6) is -8.75. The van der Waals surface area contributed by atoms with E-state index >= 15 is 13.2 Å². The van der Waals surface area contributed by atoms with Crippen LogP contribution in [0.25, 0.3) is 0 Å². The number of benzene rings is 4. The first-order chi connectivity index (χ1) is 51.5. The number of aromatic nitrogens is 6. The molecule has 3 aliphatic carbocycles. The van der Waals surface area contributed by atoms with Crippen LogP contribution in [-0.4, -0.2) is 138 Å². The SMILES string of the molecule is CC(F)(F)c1ccc(CN(c2ncnc(NCC3(CC(=O)O)CCS(=O)(=O)CC3)c2F)C2CC2)cc1.CC(c1ccc(C(C)(F)F)cc1)N(c1ncnc(NCC2CCN(S(C)(=O)=O)CC2)c1F)C1CC1.CC(c1ccc(C(F)(F)F)cc1)N(c1ncnc(NCc2ccc(NS(=O)(=O)C(C)(F)F)cc2)c1F)C1CC1. The van der Waals surface area contributed by atoms with Gasteiger partial charge in [-0.2, -0.15) is 35.1 Å². The minimum atomic E-state index is -4.90. The summed E-state index contributed by atoms with van der Waals surface area (Å²) < 4.78 is 240. The molecule has 7 aromatic rings. The van der Waals surface area contributed by atoms with E-state index in [1.54, 1.807) is 45.7 Å². The summed E-state index contributed by atoms with van der Waals surface area (Å²) in [6, 6.07) is 21.7. The summed E-state index contributed by atoms with van der Waals surface area (Å²) in [6.07, 6.45) is 6.98. The van der Waals surface area contributed by atoms with Crippen molar-refractivity contribution in [3.8, 4) is 0 Å². The highest BCUT2D eigenvalue weighted by Gasteiger charge is 2.43. The smallest absolute Gasteiger partial charge is 0.416 e. The van der Waals surface area contributed by atoms with Gasteiger partial charge in [0.1, 0.15) is 28.8 Å². The Balaban J connectivity index is 0.000000176. The lowest BCUT2D eigenvalue weighted by Crippen LogP contribution is -2.40. The molecule has 2 saturated heterocycles. The Morgan fingerprint density at radius 1 is 0.573 bits per heavy atom. The first-order valence-electron chi connectivity index (χ1n) is 35.6. The molecule has 110 heavy (non-hydrogen) atoms. The fourth-order valence-electron chi connectivity index (χ4n) is 13.0. The lowest BCUT2D eigenvalue weighted by atomic mass is 9.78. The summed E-state index contributed by atoms with van der Waals surface area (Å²) in [5, 5.41) is 14.2. The molecule has 5 aliphatic rings. The van der Waals surface area contributed by atoms with Crippen molar-refractivity contribution in [2.45, 2.75) is 172 Å². The standard InChI is InChI=1S/C25H25F6N5O2S.C24H32F3N5O2S.C24H29F3N4O4S/c1-15(17-5-7-18(8-6-17)25(29,30)31)36(20-11-12-20)23-21(26)22(33-14-34-23)32-13-16-3-9-19(10-4-16)35-39(37,38)24(2,27)28;1-16(18-4-6-19(7-5-18)24(2,26)27)32(20-8-9-20)23-21(25)22(29-15-30-23)28-14-17-10-12-31(13-11-17)35(3,33)34;1-23(26,27)17-4-2-16(3-5-17)13-31(18-6-7-18)22-20(25)21(29-15-30-22)28-14-24(12-19(32)33)8-10-36(34,35)11-9-24/h3-10,14-15,20,35H,11-13H2,1-2H3,(H,32,33,34);4-7,15-17,20H,8-14H2,1-3H3,(H,28,29,30);2-5,15,18H,6-14H2,1H3,(H,32,33)(H,28,29,30). The van der Waals surface area contributed by atoms with E-state index < -0.39 is 93.6 Å². The monoisotopic (exact) mass is 1610 g/mol. The predicted molar refractivity (Wildman–Crippen MR) is 392 cm³/mol. The third-order valence-corrected chi connectivity index (χ3v) is 24.4. The minimum absolute atomic E-state index is 0.00708. The van der Waals surface area contributed by atoms with Crippen molar-refractivity contribution in [3.05, 3.63) is 172 Å². The van der Waals surface area contributed by atoms with Gasteiger partial charge >= 0.3 is 17.4 Å². The van der Waals surface area contributed by atoms with Gasteiger partial charge in [-0.25, -0.2) is 77.0 Å². The van der Waals surface area contributed by atoms with Gasteiger partial charge in [-0.3, -0.25) is 9.52 Å². The van der Waals surface area contributed by atoms with E-state index in [1.807, 2.05) is 11.8 Å². The number of rotatable bonds is 29. The normalized spacial score (nSPS) is 17.6. The van der Waals surface area contributed by atoms with Crippen molar-refractivity contribution in [2.75, 3.05) is 79.3 Å². The molecule has 4 aromatic carbocycles. The number of alkyl halides is 9. The number of nitrogens with one attached hydrogen (secondary N) is 4. The molecule has 2 atom stereocenters. The number of anilines is 7. The number of carboxylic acid groups (broad SMARTS) is 1. The van der Waals surface area contributed by atoms with E-state index in [4.69, 9.17) is 0 Å². The van der Waals surface area contributed by atoms with E-state index in [-0.39, 0.29) is 139 Å². The number of nitrogens with zero attached hydrogens (tertiary/aromatic N) is 10. The molecule has 0 radical (unpaired) electrons. The van der Waals surface area contributed by atoms with Crippen LogP contribution in [0.3, 0.4) is 0 Å². The summed E-state index contributed by atoms with van der Waals surface area (Å²) >= 11 is 0. The Hall–Kier alpha value is -8.84. The second kappa shape index (κ2) is 33.6. The fraction of sp³-hybridized carbons (Fsp3) is 0.493. The van der Waals surface area contributed by atoms with Crippen LogP contribution in [0.4, 0.5) is 93.3 Å². The molecule has 0 amide bonds. The number of hydrogen-bond acceptors (Lipinski definition) is 19. The van der Waals surface area contributed by atoms with Crippen molar-refractivity contribution in [2.24, 2.45) is 11.3 Å². The molecule has 0 bridgehead atoms. The van der Waals surface area contributed by atoms with Crippen LogP contribution in [0.2, 0.25) is 0 Å². The molecule has 598 valence electrons. The van der Waals surface area contributed by atoms with Gasteiger partial charge in [0.25, 0.3) is 21.9 Å². The molecule has 37 heteroatoms. The Bertz CT molecular complexity index is 4670. The van der Waals surface area contributed by atoms with Crippen molar-refractivity contribution >= 4 is 76.4 Å². The maximum Gasteiger partial charge on any atom is 0.416 e. The van der Waals surface area contributed by atoms with Gasteiger partial charge in [0.15, 0.2) is 34.9 Å². The molecule has 5 N–H and O–H groups in total. The van der Waals surface area contributed by atoms with Gasteiger partial charge in [-0.15, -0.1) is 0 Å². The van der Waals surface area contributed by atoms with Crippen molar-refractivity contribution in [1.29, 1.82) is 0 Å². The number of piperidine rings is 1. The summed E-state index contributed by atoms with van der Waals surface area (Å²) in [6.45, 7) is 7.44. The van der Waals surface area contributed by atoms with Crippen LogP contribution in [0.1, 0.15) is 156 Å². The second-order valence-corrected chi connectivity index (χ2v) is 35.0. The van der Waals surface area contributed by atoms with E-state index in [0.717, 1.165) is 75.6 Å². The first-order valence-corrected chi connectivity index (χ1v) is 40.7.